The number of nitro benzene ring substituents is 1. The summed E-state index contributed by atoms with van der Waals surface area (Å²) in [5.74, 6) is 1.01. The molecule has 0 amide bonds. The summed E-state index contributed by atoms with van der Waals surface area (Å²) >= 11 is 0. The minimum absolute atomic E-state index is 0.0130. The highest BCUT2D eigenvalue weighted by molar-refractivity contribution is 5.93. The van der Waals surface area contributed by atoms with Crippen molar-refractivity contribution >= 4 is 34.1 Å². The Morgan fingerprint density at radius 3 is 2.52 bits per heavy atom. The molecule has 144 valence electrons. The summed E-state index contributed by atoms with van der Waals surface area (Å²) < 4.78 is 0. The summed E-state index contributed by atoms with van der Waals surface area (Å²) in [6.07, 6.45) is 5.41. The van der Waals surface area contributed by atoms with Crippen LogP contribution in [-0.2, 0) is 0 Å². The van der Waals surface area contributed by atoms with Crippen molar-refractivity contribution in [2.24, 2.45) is 0 Å². The maximum absolute atomic E-state index is 10.9. The van der Waals surface area contributed by atoms with Crippen molar-refractivity contribution in [2.45, 2.75) is 19.3 Å². The molecule has 0 spiro atoms. The number of nitriles is 1. The lowest BCUT2D eigenvalue weighted by Gasteiger charge is -2.22. The Kier molecular flexibility index (Phi) is 5.21. The summed E-state index contributed by atoms with van der Waals surface area (Å²) in [6, 6.07) is 18.5. The van der Waals surface area contributed by atoms with E-state index in [4.69, 9.17) is 0 Å². The second-order valence-corrected chi connectivity index (χ2v) is 7.18. The molecule has 2 aromatic carbocycles. The molecule has 6 heteroatoms. The van der Waals surface area contributed by atoms with E-state index in [1.807, 2.05) is 24.3 Å². The van der Waals surface area contributed by atoms with Crippen LogP contribution in [0.3, 0.4) is 0 Å². The SMILES string of the molecule is N#C/C(=C/c1cc2ccccc2[nH+]c1N1CCCCC1)c1ccc([N+](=O)[O-])cc1. The molecule has 0 saturated carbocycles. The van der Waals surface area contributed by atoms with Gasteiger partial charge in [0.05, 0.1) is 35.2 Å². The lowest BCUT2D eigenvalue weighted by Crippen LogP contribution is -2.34. The van der Waals surface area contributed by atoms with Crippen molar-refractivity contribution in [2.75, 3.05) is 18.0 Å². The number of H-pyrrole nitrogens is 1. The summed E-state index contributed by atoms with van der Waals surface area (Å²) in [7, 11) is 0. The number of aromatic amines is 1. The Morgan fingerprint density at radius 2 is 1.83 bits per heavy atom. The number of hydrogen-bond acceptors (Lipinski definition) is 4. The first kappa shape index (κ1) is 18.6. The Hall–Kier alpha value is -3.72. The van der Waals surface area contributed by atoms with Gasteiger partial charge in [0, 0.05) is 17.5 Å². The molecule has 29 heavy (non-hydrogen) atoms. The number of allylic oxidation sites excluding steroid dienone is 1. The Bertz CT molecular complexity index is 1120. The first-order valence-corrected chi connectivity index (χ1v) is 9.72. The minimum Gasteiger partial charge on any atom is -0.261 e. The number of non-ortho nitro benzene ring substituents is 1. The molecular weight excluding hydrogens is 364 g/mol. The molecule has 0 aliphatic carbocycles. The van der Waals surface area contributed by atoms with Crippen molar-refractivity contribution in [1.29, 1.82) is 5.26 Å². The third-order valence-electron chi connectivity index (χ3n) is 5.28. The van der Waals surface area contributed by atoms with E-state index in [0.717, 1.165) is 48.2 Å². The minimum atomic E-state index is -0.438. The molecule has 1 aliphatic rings. The van der Waals surface area contributed by atoms with Gasteiger partial charge in [0.25, 0.3) is 11.5 Å². The first-order valence-electron chi connectivity index (χ1n) is 9.72. The monoisotopic (exact) mass is 385 g/mol. The maximum atomic E-state index is 10.9. The zero-order valence-electron chi connectivity index (χ0n) is 16.0. The van der Waals surface area contributed by atoms with Crippen LogP contribution in [0.25, 0.3) is 22.6 Å². The van der Waals surface area contributed by atoms with E-state index in [0.29, 0.717) is 11.1 Å². The van der Waals surface area contributed by atoms with Gasteiger partial charge in [-0.1, -0.05) is 18.2 Å². The number of para-hydroxylation sites is 1. The second kappa shape index (κ2) is 8.11. The lowest BCUT2D eigenvalue weighted by atomic mass is 10.0. The number of aromatic nitrogens is 1. The van der Waals surface area contributed by atoms with E-state index in [1.165, 1.54) is 18.6 Å². The predicted molar refractivity (Wildman–Crippen MR) is 113 cm³/mol. The number of piperidine rings is 1. The normalized spacial score (nSPS) is 14.6. The van der Waals surface area contributed by atoms with Crippen LogP contribution in [0.5, 0.6) is 0 Å². The molecule has 3 aromatic rings. The van der Waals surface area contributed by atoms with Gasteiger partial charge in [-0.15, -0.1) is 0 Å². The predicted octanol–water partition coefficient (Wildman–Crippen LogP) is 4.62. The molecule has 6 nitrogen and oxygen atoms in total. The fraction of sp³-hybridized carbons (Fsp3) is 0.217. The van der Waals surface area contributed by atoms with Gasteiger partial charge in [-0.2, -0.15) is 5.26 Å². The van der Waals surface area contributed by atoms with E-state index < -0.39 is 4.92 Å². The van der Waals surface area contributed by atoms with Gasteiger partial charge in [-0.05, 0) is 55.2 Å². The third kappa shape index (κ3) is 3.94. The number of anilines is 1. The summed E-state index contributed by atoms with van der Waals surface area (Å²) in [5, 5.41) is 21.7. The van der Waals surface area contributed by atoms with Crippen LogP contribution < -0.4 is 9.88 Å². The van der Waals surface area contributed by atoms with Crippen LogP contribution in [-0.4, -0.2) is 18.0 Å². The fourth-order valence-electron chi connectivity index (χ4n) is 3.76. The average molecular weight is 385 g/mol. The van der Waals surface area contributed by atoms with Gasteiger partial charge in [-0.25, -0.2) is 4.98 Å². The number of pyridine rings is 1. The van der Waals surface area contributed by atoms with Crippen molar-refractivity contribution in [3.8, 4) is 6.07 Å². The summed E-state index contributed by atoms with van der Waals surface area (Å²) in [6.45, 7) is 1.96. The zero-order chi connectivity index (χ0) is 20.2. The van der Waals surface area contributed by atoms with Gasteiger partial charge < -0.3 is 0 Å². The van der Waals surface area contributed by atoms with Crippen molar-refractivity contribution in [3.63, 3.8) is 0 Å². The Labute approximate surface area is 168 Å². The summed E-state index contributed by atoms with van der Waals surface area (Å²) in [5.41, 5.74) is 3.15. The molecule has 1 aromatic heterocycles. The Morgan fingerprint density at radius 1 is 1.10 bits per heavy atom. The number of nitro groups is 1. The molecule has 1 aliphatic heterocycles. The van der Waals surface area contributed by atoms with Crippen LogP contribution in [0.15, 0.2) is 54.6 Å². The van der Waals surface area contributed by atoms with E-state index >= 15 is 0 Å². The fourth-order valence-corrected chi connectivity index (χ4v) is 3.76. The summed E-state index contributed by atoms with van der Waals surface area (Å²) in [4.78, 5) is 16.4. The van der Waals surface area contributed by atoms with Gasteiger partial charge in [0.15, 0.2) is 0 Å². The number of nitrogens with zero attached hydrogens (tertiary/aromatic N) is 3. The van der Waals surface area contributed by atoms with E-state index in [9.17, 15) is 15.4 Å². The molecule has 1 N–H and O–H groups in total. The van der Waals surface area contributed by atoms with Crippen LogP contribution in [0.2, 0.25) is 0 Å². The molecule has 4 rings (SSSR count). The molecule has 1 fully saturated rings. The smallest absolute Gasteiger partial charge is 0.261 e. The molecule has 0 atom stereocenters. The van der Waals surface area contributed by atoms with Crippen LogP contribution >= 0.6 is 0 Å². The van der Waals surface area contributed by atoms with Crippen molar-refractivity contribution in [1.82, 2.24) is 0 Å². The lowest BCUT2D eigenvalue weighted by molar-refractivity contribution is -0.384. The molecule has 2 heterocycles. The molecular formula is C23H21N4O2+. The highest BCUT2D eigenvalue weighted by Crippen LogP contribution is 2.28. The second-order valence-electron chi connectivity index (χ2n) is 7.18. The molecule has 0 bridgehead atoms. The van der Waals surface area contributed by atoms with Gasteiger partial charge >= 0.3 is 0 Å². The van der Waals surface area contributed by atoms with E-state index in [1.54, 1.807) is 12.1 Å². The highest BCUT2D eigenvalue weighted by Gasteiger charge is 2.23. The van der Waals surface area contributed by atoms with E-state index in [-0.39, 0.29) is 5.69 Å². The number of hydrogen-bond donors (Lipinski definition) is 0. The van der Waals surface area contributed by atoms with Crippen LogP contribution in [0.1, 0.15) is 30.4 Å². The van der Waals surface area contributed by atoms with Crippen molar-refractivity contribution < 1.29 is 9.91 Å². The average Bonchev–Trinajstić information content (AvgIpc) is 2.77. The number of fused-ring (bicyclic) bond motifs is 1. The first-order chi connectivity index (χ1) is 14.2. The number of nitrogens with one attached hydrogen (secondary N) is 1. The van der Waals surface area contributed by atoms with Crippen LogP contribution in [0, 0.1) is 21.4 Å². The zero-order valence-corrected chi connectivity index (χ0v) is 16.0. The number of benzene rings is 2. The molecule has 0 unspecified atom stereocenters. The largest absolute Gasteiger partial charge is 0.282 e. The topological polar surface area (TPSA) is 84.3 Å². The molecule has 0 radical (unpaired) electrons. The highest BCUT2D eigenvalue weighted by atomic mass is 16.6. The third-order valence-corrected chi connectivity index (χ3v) is 5.28. The quantitative estimate of drug-likeness (QED) is 0.373. The van der Waals surface area contributed by atoms with Gasteiger partial charge in [0.1, 0.15) is 5.52 Å². The molecule has 1 saturated heterocycles. The maximum Gasteiger partial charge on any atom is 0.282 e. The Balaban J connectivity index is 1.81. The standard InChI is InChI=1S/C23H20N4O2/c24-16-20(17-8-10-21(11-9-17)27(28)29)15-19-14-18-6-2-3-7-22(18)25-23(19)26-12-4-1-5-13-26/h2-3,6-11,14-15H,1,4-5,12-13H2/p+1/b20-15-. The number of rotatable bonds is 4. The van der Waals surface area contributed by atoms with Crippen LogP contribution in [0.4, 0.5) is 11.5 Å². The van der Waals surface area contributed by atoms with E-state index in [2.05, 4.69) is 28.1 Å². The van der Waals surface area contributed by atoms with Crippen molar-refractivity contribution in [3.05, 3.63) is 75.8 Å². The van der Waals surface area contributed by atoms with Gasteiger partial charge in [-0.3, -0.25) is 15.0 Å². The van der Waals surface area contributed by atoms with Gasteiger partial charge in [0.2, 0.25) is 0 Å².